The molecule has 3 atom stereocenters. The molecule has 0 radical (unpaired) electrons. The number of benzene rings is 2. The van der Waals surface area contributed by atoms with Crippen LogP contribution in [0.3, 0.4) is 0 Å². The molecule has 0 amide bonds. The number of hydrogen-bond donors (Lipinski definition) is 0. The molecule has 1 heterocycles. The van der Waals surface area contributed by atoms with Crippen LogP contribution in [-0.4, -0.2) is 31.1 Å². The van der Waals surface area contributed by atoms with Crippen molar-refractivity contribution in [3.63, 3.8) is 0 Å². The lowest BCUT2D eigenvalue weighted by molar-refractivity contribution is -0.154. The lowest BCUT2D eigenvalue weighted by Crippen LogP contribution is -2.31. The Balaban J connectivity index is 1.75. The maximum absolute atomic E-state index is 12.4. The number of hydrogen-bond acceptors (Lipinski definition) is 4. The summed E-state index contributed by atoms with van der Waals surface area (Å²) in [6.07, 6.45) is 5.48. The number of allylic oxidation sites excluding steroid dienone is 1. The molecule has 2 aromatic carbocycles. The van der Waals surface area contributed by atoms with E-state index in [0.29, 0.717) is 0 Å². The van der Waals surface area contributed by atoms with Gasteiger partial charge in [0.15, 0.2) is 6.10 Å². The first kappa shape index (κ1) is 17.0. The van der Waals surface area contributed by atoms with Gasteiger partial charge in [0.2, 0.25) is 0 Å². The van der Waals surface area contributed by atoms with Gasteiger partial charge in [-0.15, -0.1) is 0 Å². The molecule has 0 spiro atoms. The summed E-state index contributed by atoms with van der Waals surface area (Å²) in [5, 5.41) is 0. The molecule has 0 aromatic heterocycles. The SMILES string of the molecule is COC(=O)[C@@H]1OC(c2cccc3c2CCC=C3)N(C)[C@H]1c1ccccc1. The van der Waals surface area contributed by atoms with E-state index in [9.17, 15) is 4.79 Å². The highest BCUT2D eigenvalue weighted by Gasteiger charge is 2.46. The van der Waals surface area contributed by atoms with Gasteiger partial charge in [0.05, 0.1) is 13.2 Å². The Morgan fingerprint density at radius 1 is 1.15 bits per heavy atom. The van der Waals surface area contributed by atoms with Crippen LogP contribution in [0.2, 0.25) is 0 Å². The Morgan fingerprint density at radius 3 is 2.73 bits per heavy atom. The fraction of sp³-hybridized carbons (Fsp3) is 0.318. The largest absolute Gasteiger partial charge is 0.467 e. The predicted octanol–water partition coefficient (Wildman–Crippen LogP) is 3.89. The van der Waals surface area contributed by atoms with Crippen LogP contribution in [-0.2, 0) is 20.7 Å². The molecule has 0 bridgehead atoms. The van der Waals surface area contributed by atoms with Crippen molar-refractivity contribution in [2.24, 2.45) is 0 Å². The summed E-state index contributed by atoms with van der Waals surface area (Å²) in [6, 6.07) is 16.1. The van der Waals surface area contributed by atoms with Gasteiger partial charge in [-0.2, -0.15) is 0 Å². The van der Waals surface area contributed by atoms with Crippen LogP contribution in [0, 0.1) is 0 Å². The predicted molar refractivity (Wildman–Crippen MR) is 100 cm³/mol. The number of nitrogens with zero attached hydrogens (tertiary/aromatic N) is 1. The fourth-order valence-corrected chi connectivity index (χ4v) is 4.06. The van der Waals surface area contributed by atoms with Crippen LogP contribution in [0.1, 0.15) is 40.9 Å². The molecule has 1 fully saturated rings. The molecular weight excluding hydrogens is 326 g/mol. The first-order valence-electron chi connectivity index (χ1n) is 8.99. The zero-order valence-corrected chi connectivity index (χ0v) is 15.1. The number of esters is 1. The van der Waals surface area contributed by atoms with Crippen LogP contribution in [0.15, 0.2) is 54.6 Å². The Morgan fingerprint density at radius 2 is 1.96 bits per heavy atom. The quantitative estimate of drug-likeness (QED) is 0.788. The van der Waals surface area contributed by atoms with Crippen molar-refractivity contribution in [2.75, 3.05) is 14.2 Å². The van der Waals surface area contributed by atoms with Crippen molar-refractivity contribution in [3.05, 3.63) is 76.9 Å². The third kappa shape index (κ3) is 2.85. The molecule has 1 saturated heterocycles. The molecule has 26 heavy (non-hydrogen) atoms. The summed E-state index contributed by atoms with van der Waals surface area (Å²) >= 11 is 0. The van der Waals surface area contributed by atoms with Crippen molar-refractivity contribution in [2.45, 2.75) is 31.2 Å². The van der Waals surface area contributed by atoms with Gasteiger partial charge >= 0.3 is 5.97 Å². The normalized spacial score (nSPS) is 25.1. The van der Waals surface area contributed by atoms with Crippen molar-refractivity contribution in [1.29, 1.82) is 0 Å². The topological polar surface area (TPSA) is 38.8 Å². The van der Waals surface area contributed by atoms with Gasteiger partial charge in [0.25, 0.3) is 0 Å². The average Bonchev–Trinajstić information content (AvgIpc) is 3.04. The van der Waals surface area contributed by atoms with Crippen molar-refractivity contribution in [3.8, 4) is 0 Å². The third-order valence-corrected chi connectivity index (χ3v) is 5.32. The van der Waals surface area contributed by atoms with E-state index < -0.39 is 6.10 Å². The molecular formula is C22H23NO3. The summed E-state index contributed by atoms with van der Waals surface area (Å²) in [5.41, 5.74) is 4.74. The van der Waals surface area contributed by atoms with E-state index in [0.717, 1.165) is 24.0 Å². The number of ether oxygens (including phenoxy) is 2. The smallest absolute Gasteiger partial charge is 0.337 e. The third-order valence-electron chi connectivity index (χ3n) is 5.32. The molecule has 0 N–H and O–H groups in total. The van der Waals surface area contributed by atoms with Gasteiger partial charge in [-0.05, 0) is 42.1 Å². The second-order valence-corrected chi connectivity index (χ2v) is 6.81. The molecule has 134 valence electrons. The van der Waals surface area contributed by atoms with E-state index >= 15 is 0 Å². The molecule has 4 rings (SSSR count). The van der Waals surface area contributed by atoms with E-state index in [-0.39, 0.29) is 18.2 Å². The number of carbonyl (C=O) groups excluding carboxylic acids is 1. The summed E-state index contributed by atoms with van der Waals surface area (Å²) in [5.74, 6) is -0.335. The highest BCUT2D eigenvalue weighted by molar-refractivity contribution is 5.76. The van der Waals surface area contributed by atoms with Crippen LogP contribution >= 0.6 is 0 Å². The minimum absolute atomic E-state index is 0.177. The number of fused-ring (bicyclic) bond motifs is 1. The van der Waals surface area contributed by atoms with Crippen molar-refractivity contribution < 1.29 is 14.3 Å². The van der Waals surface area contributed by atoms with Gasteiger partial charge < -0.3 is 9.47 Å². The van der Waals surface area contributed by atoms with Gasteiger partial charge in [0.1, 0.15) is 6.23 Å². The number of methoxy groups -OCH3 is 1. The summed E-state index contributed by atoms with van der Waals surface area (Å²) in [7, 11) is 3.43. The Kier molecular flexibility index (Phi) is 4.62. The Labute approximate surface area is 154 Å². The van der Waals surface area contributed by atoms with E-state index in [1.165, 1.54) is 18.2 Å². The highest BCUT2D eigenvalue weighted by atomic mass is 16.6. The summed E-state index contributed by atoms with van der Waals surface area (Å²) in [4.78, 5) is 14.6. The molecule has 2 aromatic rings. The molecule has 0 saturated carbocycles. The Hall–Kier alpha value is -2.43. The molecule has 4 nitrogen and oxygen atoms in total. The zero-order valence-electron chi connectivity index (χ0n) is 15.1. The minimum atomic E-state index is -0.646. The minimum Gasteiger partial charge on any atom is -0.467 e. The average molecular weight is 349 g/mol. The van der Waals surface area contributed by atoms with E-state index in [1.54, 1.807) is 0 Å². The van der Waals surface area contributed by atoms with Gasteiger partial charge in [0, 0.05) is 0 Å². The van der Waals surface area contributed by atoms with Crippen LogP contribution in [0.4, 0.5) is 0 Å². The molecule has 2 aliphatic rings. The fourth-order valence-electron chi connectivity index (χ4n) is 4.06. The van der Waals surface area contributed by atoms with Crippen LogP contribution in [0.25, 0.3) is 6.08 Å². The second kappa shape index (κ2) is 7.06. The summed E-state index contributed by atoms with van der Waals surface area (Å²) in [6.45, 7) is 0. The van der Waals surface area contributed by atoms with Gasteiger partial charge in [-0.3, -0.25) is 4.90 Å². The van der Waals surface area contributed by atoms with Crippen LogP contribution < -0.4 is 0 Å². The highest BCUT2D eigenvalue weighted by Crippen LogP contribution is 2.44. The number of likely N-dealkylation sites (N-methyl/N-ethyl adjacent to an activating group) is 1. The monoisotopic (exact) mass is 349 g/mol. The lowest BCUT2D eigenvalue weighted by atomic mass is 9.91. The number of rotatable bonds is 3. The van der Waals surface area contributed by atoms with E-state index in [2.05, 4.69) is 35.3 Å². The van der Waals surface area contributed by atoms with Crippen molar-refractivity contribution >= 4 is 12.0 Å². The van der Waals surface area contributed by atoms with Gasteiger partial charge in [-0.25, -0.2) is 4.79 Å². The first-order chi connectivity index (χ1) is 12.7. The summed E-state index contributed by atoms with van der Waals surface area (Å²) < 4.78 is 11.3. The maximum atomic E-state index is 12.4. The molecule has 4 heteroatoms. The molecule has 1 aliphatic carbocycles. The van der Waals surface area contributed by atoms with Gasteiger partial charge in [-0.1, -0.05) is 60.7 Å². The first-order valence-corrected chi connectivity index (χ1v) is 8.99. The maximum Gasteiger partial charge on any atom is 0.337 e. The van der Waals surface area contributed by atoms with Crippen LogP contribution in [0.5, 0.6) is 0 Å². The molecule has 1 aliphatic heterocycles. The Bertz CT molecular complexity index is 831. The zero-order chi connectivity index (χ0) is 18.1. The van der Waals surface area contributed by atoms with E-state index in [1.807, 2.05) is 37.4 Å². The molecule has 1 unspecified atom stereocenters. The van der Waals surface area contributed by atoms with E-state index in [4.69, 9.17) is 9.47 Å². The second-order valence-electron chi connectivity index (χ2n) is 6.81. The lowest BCUT2D eigenvalue weighted by Gasteiger charge is -2.27. The van der Waals surface area contributed by atoms with Crippen molar-refractivity contribution in [1.82, 2.24) is 4.90 Å². The standard InChI is InChI=1S/C22H23NO3/c1-23-19(16-10-4-3-5-11-16)20(22(24)25-2)26-21(23)18-14-8-12-15-9-6-7-13-17(15)18/h3-6,8-12,14,19-21H,7,13H2,1-2H3/t19-,20+,21?/m0/s1. The number of carbonyl (C=O) groups is 1.